The van der Waals surface area contributed by atoms with Gasteiger partial charge in [-0.2, -0.15) is 0 Å². The Labute approximate surface area is 131 Å². The van der Waals surface area contributed by atoms with Crippen LogP contribution in [0.25, 0.3) is 0 Å². The van der Waals surface area contributed by atoms with Crippen LogP contribution >= 0.6 is 27.5 Å². The molecule has 2 aromatic rings. The summed E-state index contributed by atoms with van der Waals surface area (Å²) in [7, 11) is 1.63. The molecule has 0 aliphatic heterocycles. The molecule has 0 saturated carbocycles. The van der Waals surface area contributed by atoms with Gasteiger partial charge in [-0.05, 0) is 35.9 Å². The van der Waals surface area contributed by atoms with Crippen molar-refractivity contribution < 1.29 is 9.47 Å². The minimum Gasteiger partial charge on any atom is -0.496 e. The standard InChI is InChI=1S/C15H15BrClNO2/c1-19-14-5-3-12(16)7-11(14)9-20-15-4-2-10(8-18)6-13(15)17/h2-7H,8-9,18H2,1H3. The summed E-state index contributed by atoms with van der Waals surface area (Å²) in [6, 6.07) is 11.3. The fourth-order valence-corrected chi connectivity index (χ4v) is 2.47. The molecule has 0 heterocycles. The molecule has 5 heteroatoms. The van der Waals surface area contributed by atoms with Crippen molar-refractivity contribution in [1.82, 2.24) is 0 Å². The third-order valence-corrected chi connectivity index (χ3v) is 3.65. The smallest absolute Gasteiger partial charge is 0.138 e. The lowest BCUT2D eigenvalue weighted by atomic mass is 10.2. The predicted octanol–water partition coefficient (Wildman–Crippen LogP) is 4.15. The minimum atomic E-state index is 0.379. The summed E-state index contributed by atoms with van der Waals surface area (Å²) < 4.78 is 12.0. The van der Waals surface area contributed by atoms with Gasteiger partial charge < -0.3 is 15.2 Å². The molecule has 2 N–H and O–H groups in total. The summed E-state index contributed by atoms with van der Waals surface area (Å²) >= 11 is 9.59. The molecular formula is C15H15BrClNO2. The monoisotopic (exact) mass is 355 g/mol. The van der Waals surface area contributed by atoms with Gasteiger partial charge in [0.05, 0.1) is 12.1 Å². The zero-order valence-electron chi connectivity index (χ0n) is 11.0. The Hall–Kier alpha value is -1.23. The molecule has 0 aliphatic rings. The molecule has 3 nitrogen and oxygen atoms in total. The van der Waals surface area contributed by atoms with Gasteiger partial charge in [-0.25, -0.2) is 0 Å². The van der Waals surface area contributed by atoms with Crippen LogP contribution in [0, 0.1) is 0 Å². The van der Waals surface area contributed by atoms with Crippen molar-refractivity contribution in [2.45, 2.75) is 13.2 Å². The summed E-state index contributed by atoms with van der Waals surface area (Å²) in [5, 5.41) is 0.557. The lowest BCUT2D eigenvalue weighted by Gasteiger charge is -2.12. The average Bonchev–Trinajstić information content (AvgIpc) is 2.46. The molecule has 106 valence electrons. The molecule has 0 aromatic heterocycles. The Kier molecular flexibility index (Phi) is 5.29. The predicted molar refractivity (Wildman–Crippen MR) is 84.4 cm³/mol. The first-order valence-corrected chi connectivity index (χ1v) is 7.25. The molecule has 0 bridgehead atoms. The highest BCUT2D eigenvalue weighted by atomic mass is 79.9. The number of hydrogen-bond donors (Lipinski definition) is 1. The van der Waals surface area contributed by atoms with Crippen molar-refractivity contribution in [2.24, 2.45) is 5.73 Å². The third-order valence-electron chi connectivity index (χ3n) is 2.86. The number of hydrogen-bond acceptors (Lipinski definition) is 3. The van der Waals surface area contributed by atoms with Gasteiger partial charge in [-0.1, -0.05) is 33.6 Å². The van der Waals surface area contributed by atoms with Crippen LogP contribution in [0.5, 0.6) is 11.5 Å². The van der Waals surface area contributed by atoms with Crippen molar-refractivity contribution in [2.75, 3.05) is 7.11 Å². The van der Waals surface area contributed by atoms with E-state index in [0.717, 1.165) is 21.3 Å². The van der Waals surface area contributed by atoms with Crippen LogP contribution in [0.15, 0.2) is 40.9 Å². The van der Waals surface area contributed by atoms with Gasteiger partial charge in [-0.15, -0.1) is 0 Å². The Morgan fingerprint density at radius 2 is 1.90 bits per heavy atom. The average molecular weight is 357 g/mol. The van der Waals surface area contributed by atoms with E-state index in [-0.39, 0.29) is 0 Å². The molecule has 0 fully saturated rings. The summed E-state index contributed by atoms with van der Waals surface area (Å²) in [5.74, 6) is 1.41. The normalized spacial score (nSPS) is 10.4. The highest BCUT2D eigenvalue weighted by Gasteiger charge is 2.07. The maximum atomic E-state index is 6.16. The molecule has 0 atom stereocenters. The highest BCUT2D eigenvalue weighted by molar-refractivity contribution is 9.10. The van der Waals surface area contributed by atoms with Gasteiger partial charge >= 0.3 is 0 Å². The maximum absolute atomic E-state index is 6.16. The highest BCUT2D eigenvalue weighted by Crippen LogP contribution is 2.28. The second-order valence-corrected chi connectivity index (χ2v) is 5.54. The van der Waals surface area contributed by atoms with Crippen molar-refractivity contribution in [3.8, 4) is 11.5 Å². The second-order valence-electron chi connectivity index (χ2n) is 4.21. The van der Waals surface area contributed by atoms with Gasteiger partial charge in [0.25, 0.3) is 0 Å². The zero-order chi connectivity index (χ0) is 14.5. The molecule has 0 unspecified atom stereocenters. The van der Waals surface area contributed by atoms with Crippen LogP contribution in [0.4, 0.5) is 0 Å². The summed E-state index contributed by atoms with van der Waals surface area (Å²) in [6.45, 7) is 0.837. The minimum absolute atomic E-state index is 0.379. The zero-order valence-corrected chi connectivity index (χ0v) is 13.4. The molecule has 2 rings (SSSR count). The van der Waals surface area contributed by atoms with Gasteiger partial charge in [0.2, 0.25) is 0 Å². The first kappa shape index (κ1) is 15.2. The van der Waals surface area contributed by atoms with E-state index < -0.39 is 0 Å². The lowest BCUT2D eigenvalue weighted by Crippen LogP contribution is -2.00. The second kappa shape index (κ2) is 6.97. The third kappa shape index (κ3) is 3.66. The van der Waals surface area contributed by atoms with Gasteiger partial charge in [0.15, 0.2) is 0 Å². The molecule has 0 radical (unpaired) electrons. The Bertz CT molecular complexity index is 604. The first-order chi connectivity index (χ1) is 9.63. The van der Waals surface area contributed by atoms with E-state index >= 15 is 0 Å². The number of benzene rings is 2. The molecule has 0 saturated heterocycles. The van der Waals surface area contributed by atoms with Crippen LogP contribution in [-0.2, 0) is 13.2 Å². The lowest BCUT2D eigenvalue weighted by molar-refractivity contribution is 0.296. The van der Waals surface area contributed by atoms with Gasteiger partial charge in [0.1, 0.15) is 18.1 Å². The van der Waals surface area contributed by atoms with Crippen LogP contribution in [-0.4, -0.2) is 7.11 Å². The molecule has 0 amide bonds. The quantitative estimate of drug-likeness (QED) is 0.875. The number of halogens is 2. The summed E-state index contributed by atoms with van der Waals surface area (Å²) in [5.41, 5.74) is 7.49. The fourth-order valence-electron chi connectivity index (χ4n) is 1.80. The SMILES string of the molecule is COc1ccc(Br)cc1COc1ccc(CN)cc1Cl. The van der Waals surface area contributed by atoms with Crippen molar-refractivity contribution in [1.29, 1.82) is 0 Å². The number of rotatable bonds is 5. The fraction of sp³-hybridized carbons (Fsp3) is 0.200. The van der Waals surface area contributed by atoms with E-state index in [0.29, 0.717) is 23.9 Å². The van der Waals surface area contributed by atoms with E-state index in [1.54, 1.807) is 7.11 Å². The van der Waals surface area contributed by atoms with Crippen molar-refractivity contribution in [3.63, 3.8) is 0 Å². The summed E-state index contributed by atoms with van der Waals surface area (Å²) in [6.07, 6.45) is 0. The number of ether oxygens (including phenoxy) is 2. The first-order valence-electron chi connectivity index (χ1n) is 6.07. The Morgan fingerprint density at radius 1 is 1.15 bits per heavy atom. The van der Waals surface area contributed by atoms with Crippen LogP contribution in [0.2, 0.25) is 5.02 Å². The maximum Gasteiger partial charge on any atom is 0.138 e. The Balaban J connectivity index is 2.14. The molecular weight excluding hydrogens is 342 g/mol. The molecule has 2 aromatic carbocycles. The van der Waals surface area contributed by atoms with E-state index in [9.17, 15) is 0 Å². The number of nitrogens with two attached hydrogens (primary N) is 1. The van der Waals surface area contributed by atoms with Gasteiger partial charge in [-0.3, -0.25) is 0 Å². The summed E-state index contributed by atoms with van der Waals surface area (Å²) in [4.78, 5) is 0. The van der Waals surface area contributed by atoms with Crippen molar-refractivity contribution >= 4 is 27.5 Å². The van der Waals surface area contributed by atoms with E-state index in [4.69, 9.17) is 26.8 Å². The van der Waals surface area contributed by atoms with Crippen molar-refractivity contribution in [3.05, 3.63) is 57.0 Å². The molecule has 20 heavy (non-hydrogen) atoms. The van der Waals surface area contributed by atoms with Crippen LogP contribution in [0.1, 0.15) is 11.1 Å². The van der Waals surface area contributed by atoms with Gasteiger partial charge in [0, 0.05) is 16.6 Å². The van der Waals surface area contributed by atoms with Crippen LogP contribution < -0.4 is 15.2 Å². The van der Waals surface area contributed by atoms with Crippen LogP contribution in [0.3, 0.4) is 0 Å². The largest absolute Gasteiger partial charge is 0.496 e. The van der Waals surface area contributed by atoms with E-state index in [1.807, 2.05) is 36.4 Å². The van der Waals surface area contributed by atoms with E-state index in [2.05, 4.69) is 15.9 Å². The molecule has 0 spiro atoms. The van der Waals surface area contributed by atoms with E-state index in [1.165, 1.54) is 0 Å². The topological polar surface area (TPSA) is 44.5 Å². The molecule has 0 aliphatic carbocycles. The Morgan fingerprint density at radius 3 is 2.55 bits per heavy atom. The number of methoxy groups -OCH3 is 1.